The minimum absolute atomic E-state index is 0.0229. The highest BCUT2D eigenvalue weighted by Crippen LogP contribution is 2.16. The highest BCUT2D eigenvalue weighted by Gasteiger charge is 2.36. The monoisotopic (exact) mass is 290 g/mol. The first-order chi connectivity index (χ1) is 9.85. The van der Waals surface area contributed by atoms with Crippen LogP contribution in [0, 0.1) is 0 Å². The maximum atomic E-state index is 11.9. The minimum Gasteiger partial charge on any atom is -0.443 e. The lowest BCUT2D eigenvalue weighted by Gasteiger charge is -2.23. The molecule has 1 aromatic rings. The number of hydrogen-bond acceptors (Lipinski definition) is 4. The number of amides is 2. The Morgan fingerprint density at radius 1 is 1.33 bits per heavy atom. The Bertz CT molecular complexity index is 508. The van der Waals surface area contributed by atoms with Crippen molar-refractivity contribution in [2.24, 2.45) is 0 Å². The van der Waals surface area contributed by atoms with Gasteiger partial charge in [-0.25, -0.2) is 9.69 Å². The predicted molar refractivity (Wildman–Crippen MR) is 79.6 cm³/mol. The van der Waals surface area contributed by atoms with Gasteiger partial charge in [-0.2, -0.15) is 0 Å². The van der Waals surface area contributed by atoms with Crippen molar-refractivity contribution in [1.82, 2.24) is 10.2 Å². The van der Waals surface area contributed by atoms with Crippen molar-refractivity contribution in [3.8, 4) is 0 Å². The summed E-state index contributed by atoms with van der Waals surface area (Å²) < 4.78 is 5.24. The van der Waals surface area contributed by atoms with Crippen LogP contribution < -0.4 is 5.32 Å². The second-order valence-corrected chi connectivity index (χ2v) is 6.25. The maximum absolute atomic E-state index is 11.9. The first kappa shape index (κ1) is 15.5. The summed E-state index contributed by atoms with van der Waals surface area (Å²) in [5.74, 6) is -0.185. The van der Waals surface area contributed by atoms with Gasteiger partial charge < -0.3 is 10.1 Å². The Labute approximate surface area is 125 Å². The molecule has 1 atom stereocenters. The van der Waals surface area contributed by atoms with E-state index in [0.717, 1.165) is 5.56 Å². The second kappa shape index (κ2) is 6.26. The highest BCUT2D eigenvalue weighted by atomic mass is 16.6. The first-order valence-corrected chi connectivity index (χ1v) is 7.16. The van der Waals surface area contributed by atoms with Crippen molar-refractivity contribution in [2.75, 3.05) is 6.54 Å². The molecular weight excluding hydrogens is 268 g/mol. The number of benzene rings is 1. The molecule has 1 unspecified atom stereocenters. The molecule has 0 radical (unpaired) electrons. The Morgan fingerprint density at radius 2 is 2.00 bits per heavy atom. The van der Waals surface area contributed by atoms with E-state index in [2.05, 4.69) is 5.32 Å². The van der Waals surface area contributed by atoms with Crippen molar-refractivity contribution in [2.45, 2.75) is 45.4 Å². The molecule has 0 aliphatic carbocycles. The first-order valence-electron chi connectivity index (χ1n) is 7.16. The Hall–Kier alpha value is -1.88. The molecule has 1 N–H and O–H groups in total. The average Bonchev–Trinajstić information content (AvgIpc) is 2.77. The van der Waals surface area contributed by atoms with Crippen LogP contribution >= 0.6 is 0 Å². The molecule has 1 saturated heterocycles. The predicted octanol–water partition coefficient (Wildman–Crippen LogP) is 2.31. The van der Waals surface area contributed by atoms with Crippen molar-refractivity contribution in [3.05, 3.63) is 35.9 Å². The summed E-state index contributed by atoms with van der Waals surface area (Å²) in [4.78, 5) is 25.0. The molecule has 0 saturated carbocycles. The van der Waals surface area contributed by atoms with Gasteiger partial charge in [-0.05, 0) is 26.3 Å². The number of hydrogen-bond donors (Lipinski definition) is 1. The average molecular weight is 290 g/mol. The summed E-state index contributed by atoms with van der Waals surface area (Å²) in [5, 5.41) is 3.31. The van der Waals surface area contributed by atoms with Crippen LogP contribution in [0.4, 0.5) is 4.79 Å². The van der Waals surface area contributed by atoms with Crippen molar-refractivity contribution in [3.63, 3.8) is 0 Å². The highest BCUT2D eigenvalue weighted by molar-refractivity contribution is 5.94. The van der Waals surface area contributed by atoms with Crippen molar-refractivity contribution in [1.29, 1.82) is 0 Å². The summed E-state index contributed by atoms with van der Waals surface area (Å²) in [5.41, 5.74) is 0.563. The van der Waals surface area contributed by atoms with Crippen molar-refractivity contribution < 1.29 is 14.3 Å². The van der Waals surface area contributed by atoms with E-state index >= 15 is 0 Å². The van der Waals surface area contributed by atoms with Gasteiger partial charge in [-0.15, -0.1) is 0 Å². The molecular formula is C16H22N2O3. The van der Waals surface area contributed by atoms with E-state index in [9.17, 15) is 9.59 Å². The van der Waals surface area contributed by atoms with E-state index in [1.54, 1.807) is 20.8 Å². The Kier molecular flexibility index (Phi) is 4.63. The lowest BCUT2D eigenvalue weighted by Crippen LogP contribution is -2.39. The summed E-state index contributed by atoms with van der Waals surface area (Å²) in [6.45, 7) is 6.41. The van der Waals surface area contributed by atoms with Crippen LogP contribution in [0.2, 0.25) is 0 Å². The molecule has 1 aliphatic heterocycles. The summed E-state index contributed by atoms with van der Waals surface area (Å²) >= 11 is 0. The zero-order chi connectivity index (χ0) is 15.5. The molecule has 0 bridgehead atoms. The fourth-order valence-electron chi connectivity index (χ4n) is 2.20. The van der Waals surface area contributed by atoms with Gasteiger partial charge >= 0.3 is 6.09 Å². The molecule has 1 aromatic carbocycles. The summed E-state index contributed by atoms with van der Waals surface area (Å²) in [6.07, 6.45) is -0.233. The van der Waals surface area contributed by atoms with Gasteiger partial charge in [0.15, 0.2) is 0 Å². The van der Waals surface area contributed by atoms with Gasteiger partial charge in [0.25, 0.3) is 0 Å². The lowest BCUT2D eigenvalue weighted by molar-refractivity contribution is -0.127. The standard InChI is InChI=1S/C16H22N2O3/c1-16(2,3)21-15(20)18-11-13(9-14(18)19)17-10-12-7-5-4-6-8-12/h4-8,13,17H,9-11H2,1-3H3. The van der Waals surface area contributed by atoms with Gasteiger partial charge in [0.1, 0.15) is 5.60 Å². The van der Waals surface area contributed by atoms with E-state index in [4.69, 9.17) is 4.74 Å². The number of carbonyl (C=O) groups is 2. The van der Waals surface area contributed by atoms with Gasteiger partial charge in [0, 0.05) is 25.6 Å². The number of nitrogens with zero attached hydrogens (tertiary/aromatic N) is 1. The van der Waals surface area contributed by atoms with Crippen LogP contribution in [0.25, 0.3) is 0 Å². The van der Waals surface area contributed by atoms with Crippen molar-refractivity contribution >= 4 is 12.0 Å². The second-order valence-electron chi connectivity index (χ2n) is 6.25. The van der Waals surface area contributed by atoms with E-state index < -0.39 is 11.7 Å². The lowest BCUT2D eigenvalue weighted by atomic mass is 10.2. The number of likely N-dealkylation sites (tertiary alicyclic amines) is 1. The smallest absolute Gasteiger partial charge is 0.417 e. The van der Waals surface area contributed by atoms with E-state index in [1.807, 2.05) is 30.3 Å². The molecule has 1 fully saturated rings. The molecule has 0 aromatic heterocycles. The zero-order valence-electron chi connectivity index (χ0n) is 12.8. The van der Waals surface area contributed by atoms with Crippen LogP contribution in [0.15, 0.2) is 30.3 Å². The van der Waals surface area contributed by atoms with Crippen LogP contribution in [0.1, 0.15) is 32.8 Å². The molecule has 21 heavy (non-hydrogen) atoms. The van der Waals surface area contributed by atoms with Gasteiger partial charge in [-0.3, -0.25) is 4.79 Å². The van der Waals surface area contributed by atoms with Crippen LogP contribution in [-0.4, -0.2) is 35.1 Å². The number of ether oxygens (including phenoxy) is 1. The third-order valence-corrected chi connectivity index (χ3v) is 3.18. The summed E-state index contributed by atoms with van der Waals surface area (Å²) in [6, 6.07) is 9.94. The molecule has 114 valence electrons. The van der Waals surface area contributed by atoms with Crippen LogP contribution in [0.3, 0.4) is 0 Å². The number of imide groups is 1. The van der Waals surface area contributed by atoms with E-state index in [1.165, 1.54) is 4.90 Å². The molecule has 0 spiro atoms. The number of carbonyl (C=O) groups excluding carboxylic acids is 2. The Balaban J connectivity index is 1.86. The number of nitrogens with one attached hydrogen (secondary N) is 1. The van der Waals surface area contributed by atoms with Gasteiger partial charge in [0.05, 0.1) is 0 Å². The summed E-state index contributed by atoms with van der Waals surface area (Å²) in [7, 11) is 0. The maximum Gasteiger partial charge on any atom is 0.417 e. The van der Waals surface area contributed by atoms with Gasteiger partial charge in [-0.1, -0.05) is 30.3 Å². The third kappa shape index (κ3) is 4.56. The van der Waals surface area contributed by atoms with Gasteiger partial charge in [0.2, 0.25) is 5.91 Å². The van der Waals surface area contributed by atoms with Crippen LogP contribution in [0.5, 0.6) is 0 Å². The largest absolute Gasteiger partial charge is 0.443 e. The van der Waals surface area contributed by atoms with Crippen LogP contribution in [-0.2, 0) is 16.1 Å². The topological polar surface area (TPSA) is 58.6 Å². The fourth-order valence-corrected chi connectivity index (χ4v) is 2.20. The van der Waals surface area contributed by atoms with E-state index in [-0.39, 0.29) is 11.9 Å². The fraction of sp³-hybridized carbons (Fsp3) is 0.500. The SMILES string of the molecule is CC(C)(C)OC(=O)N1CC(NCc2ccccc2)CC1=O. The molecule has 5 nitrogen and oxygen atoms in total. The van der Waals surface area contributed by atoms with E-state index in [0.29, 0.717) is 19.5 Å². The quantitative estimate of drug-likeness (QED) is 0.928. The normalized spacial score (nSPS) is 18.9. The zero-order valence-corrected chi connectivity index (χ0v) is 12.8. The number of rotatable bonds is 3. The molecule has 2 rings (SSSR count). The minimum atomic E-state index is -0.590. The molecule has 1 heterocycles. The molecule has 5 heteroatoms. The third-order valence-electron chi connectivity index (χ3n) is 3.18. The Morgan fingerprint density at radius 3 is 2.62 bits per heavy atom. The molecule has 2 amide bonds. The molecule has 1 aliphatic rings.